The van der Waals surface area contributed by atoms with E-state index in [0.29, 0.717) is 19.5 Å². The Hall–Kier alpha value is -0.730. The third-order valence-corrected chi connectivity index (χ3v) is 5.51. The summed E-state index contributed by atoms with van der Waals surface area (Å²) in [6, 6.07) is 2.71. The van der Waals surface area contributed by atoms with Crippen molar-refractivity contribution in [1.29, 1.82) is 0 Å². The van der Waals surface area contributed by atoms with E-state index in [-0.39, 0.29) is 16.2 Å². The van der Waals surface area contributed by atoms with Crippen molar-refractivity contribution in [3.63, 3.8) is 0 Å². The number of rotatable bonds is 3. The molecule has 0 saturated carbocycles. The van der Waals surface area contributed by atoms with Gasteiger partial charge in [-0.3, -0.25) is 0 Å². The summed E-state index contributed by atoms with van der Waals surface area (Å²) in [4.78, 5) is 1.66. The second kappa shape index (κ2) is 5.57. The minimum absolute atomic E-state index is 0.0720. The van der Waals surface area contributed by atoms with Crippen LogP contribution in [0.1, 0.15) is 6.42 Å². The van der Waals surface area contributed by atoms with Gasteiger partial charge in [-0.25, -0.2) is 21.5 Å². The zero-order valence-electron chi connectivity index (χ0n) is 11.1. The first-order valence-electron chi connectivity index (χ1n) is 6.03. The Balaban J connectivity index is 2.20. The molecule has 0 spiro atoms. The van der Waals surface area contributed by atoms with E-state index in [1.165, 1.54) is 23.5 Å². The zero-order chi connectivity index (χ0) is 15.1. The maximum absolute atomic E-state index is 13.9. The Morgan fingerprint density at radius 2 is 2.00 bits per heavy atom. The van der Waals surface area contributed by atoms with Crippen molar-refractivity contribution in [2.75, 3.05) is 31.3 Å². The first-order valence-corrected chi connectivity index (χ1v) is 8.67. The monoisotopic (exact) mass is 368 g/mol. The lowest BCUT2D eigenvalue weighted by Gasteiger charge is -2.23. The summed E-state index contributed by atoms with van der Waals surface area (Å²) in [7, 11) is -1.78. The smallest absolute Gasteiger partial charge is 0.211 e. The molecule has 4 nitrogen and oxygen atoms in total. The number of halogens is 3. The highest BCUT2D eigenvalue weighted by molar-refractivity contribution is 9.10. The van der Waals surface area contributed by atoms with Crippen molar-refractivity contribution in [3.8, 4) is 0 Å². The topological polar surface area (TPSA) is 40.6 Å². The largest absolute Gasteiger partial charge is 0.367 e. The van der Waals surface area contributed by atoms with Crippen LogP contribution < -0.4 is 4.90 Å². The quantitative estimate of drug-likeness (QED) is 0.768. The third kappa shape index (κ3) is 2.96. The first-order chi connectivity index (χ1) is 9.21. The summed E-state index contributed by atoms with van der Waals surface area (Å²) in [6.07, 6.45) is 1.72. The molecule has 1 saturated heterocycles. The van der Waals surface area contributed by atoms with Crippen LogP contribution in [-0.4, -0.2) is 45.2 Å². The van der Waals surface area contributed by atoms with Gasteiger partial charge in [0.25, 0.3) is 0 Å². The molecule has 8 heteroatoms. The van der Waals surface area contributed by atoms with Crippen LogP contribution in [0.2, 0.25) is 0 Å². The molecule has 0 amide bonds. The van der Waals surface area contributed by atoms with Gasteiger partial charge in [-0.2, -0.15) is 0 Å². The highest BCUT2D eigenvalue weighted by atomic mass is 79.9. The van der Waals surface area contributed by atoms with Crippen LogP contribution in [0.4, 0.5) is 14.5 Å². The standard InChI is InChI=1S/C12H15BrF2N2O2S/c1-16(20(2,18)19)8-5-6-17(7-8)10-4-3-9(13)11(14)12(10)15/h3-4,8H,5-7H2,1-2H3. The lowest BCUT2D eigenvalue weighted by molar-refractivity contribution is 0.393. The molecule has 0 bridgehead atoms. The summed E-state index contributed by atoms with van der Waals surface area (Å²) >= 11 is 2.93. The second-order valence-corrected chi connectivity index (χ2v) is 7.76. The minimum atomic E-state index is -3.29. The molecular formula is C12H15BrF2N2O2S. The van der Waals surface area contributed by atoms with Crippen molar-refractivity contribution in [3.05, 3.63) is 28.2 Å². The van der Waals surface area contributed by atoms with Crippen LogP contribution in [-0.2, 0) is 10.0 Å². The predicted octanol–water partition coefficient (Wildman–Crippen LogP) is 2.20. The Labute approximate surface area is 125 Å². The van der Waals surface area contributed by atoms with Gasteiger partial charge >= 0.3 is 0 Å². The maximum atomic E-state index is 13.9. The maximum Gasteiger partial charge on any atom is 0.211 e. The molecule has 1 aromatic rings. The van der Waals surface area contributed by atoms with Crippen LogP contribution in [0.3, 0.4) is 0 Å². The molecule has 0 N–H and O–H groups in total. The van der Waals surface area contributed by atoms with E-state index in [1.807, 2.05) is 0 Å². The fraction of sp³-hybridized carbons (Fsp3) is 0.500. The van der Waals surface area contributed by atoms with Crippen LogP contribution >= 0.6 is 15.9 Å². The molecular weight excluding hydrogens is 354 g/mol. The van der Waals surface area contributed by atoms with E-state index in [2.05, 4.69) is 15.9 Å². The number of hydrogen-bond donors (Lipinski definition) is 0. The summed E-state index contributed by atoms with van der Waals surface area (Å²) in [5, 5.41) is 0. The molecule has 0 radical (unpaired) electrons. The molecule has 2 rings (SSSR count). The lowest BCUT2D eigenvalue weighted by Crippen LogP contribution is -2.38. The summed E-state index contributed by atoms with van der Waals surface area (Å²) in [5.41, 5.74) is 0.162. The molecule has 1 aliphatic heterocycles. The molecule has 1 heterocycles. The van der Waals surface area contributed by atoms with Crippen molar-refractivity contribution < 1.29 is 17.2 Å². The minimum Gasteiger partial charge on any atom is -0.367 e. The first kappa shape index (κ1) is 15.7. The molecule has 1 aromatic carbocycles. The van der Waals surface area contributed by atoms with Crippen molar-refractivity contribution in [2.45, 2.75) is 12.5 Å². The van der Waals surface area contributed by atoms with Crippen LogP contribution in [0.25, 0.3) is 0 Å². The van der Waals surface area contributed by atoms with Gasteiger partial charge in [-0.05, 0) is 34.5 Å². The Kier molecular flexibility index (Phi) is 4.36. The molecule has 1 unspecified atom stereocenters. The van der Waals surface area contributed by atoms with Gasteiger partial charge < -0.3 is 4.90 Å². The van der Waals surface area contributed by atoms with Gasteiger partial charge in [-0.15, -0.1) is 0 Å². The summed E-state index contributed by atoms with van der Waals surface area (Å²) < 4.78 is 51.8. The molecule has 20 heavy (non-hydrogen) atoms. The predicted molar refractivity (Wildman–Crippen MR) is 77.3 cm³/mol. The number of likely N-dealkylation sites (N-methyl/N-ethyl adjacent to an activating group) is 1. The Bertz CT molecular complexity index is 624. The Morgan fingerprint density at radius 3 is 2.60 bits per heavy atom. The second-order valence-electron chi connectivity index (χ2n) is 4.86. The lowest BCUT2D eigenvalue weighted by atomic mass is 10.2. The fourth-order valence-corrected chi connectivity index (χ4v) is 3.31. The van der Waals surface area contributed by atoms with E-state index < -0.39 is 21.7 Å². The normalized spacial score (nSPS) is 19.9. The molecule has 1 aliphatic rings. The number of benzene rings is 1. The van der Waals surface area contributed by atoms with Gasteiger partial charge in [0.15, 0.2) is 11.6 Å². The average molecular weight is 369 g/mol. The Morgan fingerprint density at radius 1 is 1.35 bits per heavy atom. The average Bonchev–Trinajstić information content (AvgIpc) is 2.83. The van der Waals surface area contributed by atoms with E-state index in [1.54, 1.807) is 4.90 Å². The highest BCUT2D eigenvalue weighted by Crippen LogP contribution is 2.30. The zero-order valence-corrected chi connectivity index (χ0v) is 13.5. The number of hydrogen-bond acceptors (Lipinski definition) is 3. The van der Waals surface area contributed by atoms with Crippen molar-refractivity contribution in [2.24, 2.45) is 0 Å². The van der Waals surface area contributed by atoms with E-state index >= 15 is 0 Å². The molecule has 1 atom stereocenters. The summed E-state index contributed by atoms with van der Waals surface area (Å²) in [6.45, 7) is 0.837. The van der Waals surface area contributed by atoms with E-state index in [4.69, 9.17) is 0 Å². The molecule has 0 aromatic heterocycles. The number of sulfonamides is 1. The number of anilines is 1. The van der Waals surface area contributed by atoms with Gasteiger partial charge in [-0.1, -0.05) is 0 Å². The van der Waals surface area contributed by atoms with Crippen LogP contribution in [0.5, 0.6) is 0 Å². The molecule has 112 valence electrons. The van der Waals surface area contributed by atoms with Crippen LogP contribution in [0, 0.1) is 11.6 Å². The van der Waals surface area contributed by atoms with Crippen molar-refractivity contribution in [1.82, 2.24) is 4.31 Å². The van der Waals surface area contributed by atoms with Gasteiger partial charge in [0.2, 0.25) is 10.0 Å². The third-order valence-electron chi connectivity index (χ3n) is 3.56. The highest BCUT2D eigenvalue weighted by Gasteiger charge is 2.31. The SMILES string of the molecule is CN(C1CCN(c2ccc(Br)c(F)c2F)C1)S(C)(=O)=O. The molecule has 0 aliphatic carbocycles. The fourth-order valence-electron chi connectivity index (χ4n) is 2.29. The number of nitrogens with zero attached hydrogens (tertiary/aromatic N) is 2. The van der Waals surface area contributed by atoms with Crippen LogP contribution in [0.15, 0.2) is 16.6 Å². The van der Waals surface area contributed by atoms with E-state index in [0.717, 1.165) is 6.26 Å². The van der Waals surface area contributed by atoms with Gasteiger partial charge in [0.05, 0.1) is 16.4 Å². The van der Waals surface area contributed by atoms with E-state index in [9.17, 15) is 17.2 Å². The molecule has 1 fully saturated rings. The van der Waals surface area contributed by atoms with Crippen molar-refractivity contribution >= 4 is 31.6 Å². The van der Waals surface area contributed by atoms with Gasteiger partial charge in [0, 0.05) is 26.2 Å². The van der Waals surface area contributed by atoms with Gasteiger partial charge in [0.1, 0.15) is 0 Å². The summed E-state index contributed by atoms with van der Waals surface area (Å²) in [5.74, 6) is -1.84.